The van der Waals surface area contributed by atoms with E-state index in [1.54, 1.807) is 10.9 Å². The Morgan fingerprint density at radius 1 is 1.91 bits per heavy atom. The van der Waals surface area contributed by atoms with Crippen LogP contribution < -0.4 is 5.73 Å². The van der Waals surface area contributed by atoms with Crippen molar-refractivity contribution in [1.29, 1.82) is 0 Å². The van der Waals surface area contributed by atoms with E-state index in [-0.39, 0.29) is 0 Å². The van der Waals surface area contributed by atoms with Crippen molar-refractivity contribution in [3.63, 3.8) is 0 Å². The number of hydrogen-bond acceptors (Lipinski definition) is 5. The molecule has 0 fully saturated rings. The first kappa shape index (κ1) is 8.16. The Kier molecular flexibility index (Phi) is 2.56. The quantitative estimate of drug-likeness (QED) is 0.652. The Morgan fingerprint density at radius 2 is 2.64 bits per heavy atom. The molecule has 0 saturated carbocycles. The molecule has 1 unspecified atom stereocenters. The SMILES string of the molecule is COC(=O)C(N)c1cscn1. The van der Waals surface area contributed by atoms with Crippen LogP contribution >= 0.6 is 11.3 Å². The number of ether oxygens (including phenoxy) is 1. The number of carbonyl (C=O) groups excluding carboxylic acids is 1. The molecule has 0 bridgehead atoms. The van der Waals surface area contributed by atoms with Crippen molar-refractivity contribution in [2.75, 3.05) is 7.11 Å². The summed E-state index contributed by atoms with van der Waals surface area (Å²) in [5, 5.41) is 1.72. The highest BCUT2D eigenvalue weighted by atomic mass is 32.1. The minimum absolute atomic E-state index is 0.462. The molecule has 1 aromatic heterocycles. The van der Waals surface area contributed by atoms with E-state index in [4.69, 9.17) is 5.73 Å². The molecule has 0 spiro atoms. The fraction of sp³-hybridized carbons (Fsp3) is 0.333. The van der Waals surface area contributed by atoms with Crippen LogP contribution in [0.4, 0.5) is 0 Å². The first-order valence-electron chi connectivity index (χ1n) is 2.97. The highest BCUT2D eigenvalue weighted by molar-refractivity contribution is 7.07. The molecule has 0 radical (unpaired) electrons. The van der Waals surface area contributed by atoms with Gasteiger partial charge in [-0.2, -0.15) is 0 Å². The minimum atomic E-state index is -0.744. The second-order valence-electron chi connectivity index (χ2n) is 1.91. The lowest BCUT2D eigenvalue weighted by Crippen LogP contribution is -2.22. The summed E-state index contributed by atoms with van der Waals surface area (Å²) in [6.07, 6.45) is 0. The van der Waals surface area contributed by atoms with Gasteiger partial charge in [0.2, 0.25) is 0 Å². The lowest BCUT2D eigenvalue weighted by atomic mass is 10.2. The Hall–Kier alpha value is -0.940. The van der Waals surface area contributed by atoms with Gasteiger partial charge in [-0.3, -0.25) is 0 Å². The normalized spacial score (nSPS) is 12.5. The number of rotatable bonds is 2. The minimum Gasteiger partial charge on any atom is -0.468 e. The molecule has 0 saturated heterocycles. The molecule has 5 heteroatoms. The van der Waals surface area contributed by atoms with Gasteiger partial charge in [0.05, 0.1) is 18.3 Å². The first-order chi connectivity index (χ1) is 5.25. The fourth-order valence-electron chi connectivity index (χ4n) is 0.623. The maximum atomic E-state index is 10.8. The van der Waals surface area contributed by atoms with E-state index in [2.05, 4.69) is 9.72 Å². The molecule has 1 aromatic rings. The molecule has 1 rings (SSSR count). The van der Waals surface area contributed by atoms with Gasteiger partial charge in [-0.1, -0.05) is 0 Å². The lowest BCUT2D eigenvalue weighted by Gasteiger charge is -2.04. The van der Waals surface area contributed by atoms with Crippen molar-refractivity contribution >= 4 is 17.3 Å². The molecule has 0 aliphatic rings. The second-order valence-corrected chi connectivity index (χ2v) is 2.63. The Bertz CT molecular complexity index is 235. The molecule has 4 nitrogen and oxygen atoms in total. The number of thiazole rings is 1. The average Bonchev–Trinajstić information content (AvgIpc) is 2.53. The van der Waals surface area contributed by atoms with Crippen LogP contribution in [-0.4, -0.2) is 18.1 Å². The molecule has 60 valence electrons. The molecule has 2 N–H and O–H groups in total. The average molecular weight is 172 g/mol. The summed E-state index contributed by atoms with van der Waals surface area (Å²) in [7, 11) is 1.30. The maximum absolute atomic E-state index is 10.8. The summed E-state index contributed by atoms with van der Waals surface area (Å²) in [6, 6.07) is -0.744. The predicted octanol–water partition coefficient (Wildman–Crippen LogP) is 0.316. The van der Waals surface area contributed by atoms with Crippen molar-refractivity contribution in [2.24, 2.45) is 5.73 Å². The summed E-state index contributed by atoms with van der Waals surface area (Å²) in [4.78, 5) is 14.7. The summed E-state index contributed by atoms with van der Waals surface area (Å²) in [5.74, 6) is -0.462. The van der Waals surface area contributed by atoms with Gasteiger partial charge in [-0.25, -0.2) is 9.78 Å². The van der Waals surface area contributed by atoms with Gasteiger partial charge in [-0.05, 0) is 0 Å². The van der Waals surface area contributed by atoms with Crippen molar-refractivity contribution in [3.8, 4) is 0 Å². The van der Waals surface area contributed by atoms with Crippen LogP contribution in [0.15, 0.2) is 10.9 Å². The zero-order chi connectivity index (χ0) is 8.27. The number of aromatic nitrogens is 1. The van der Waals surface area contributed by atoms with Gasteiger partial charge in [-0.15, -0.1) is 11.3 Å². The maximum Gasteiger partial charge on any atom is 0.328 e. The Labute approximate surface area is 68.0 Å². The number of methoxy groups -OCH3 is 1. The summed E-state index contributed by atoms with van der Waals surface area (Å²) in [5.41, 5.74) is 7.64. The van der Waals surface area contributed by atoms with Crippen LogP contribution in [0.25, 0.3) is 0 Å². The third kappa shape index (κ3) is 1.75. The van der Waals surface area contributed by atoms with E-state index in [0.717, 1.165) is 0 Å². The smallest absolute Gasteiger partial charge is 0.328 e. The van der Waals surface area contributed by atoms with Crippen molar-refractivity contribution < 1.29 is 9.53 Å². The van der Waals surface area contributed by atoms with E-state index < -0.39 is 12.0 Å². The molecule has 0 aromatic carbocycles. The van der Waals surface area contributed by atoms with E-state index in [0.29, 0.717) is 5.69 Å². The lowest BCUT2D eigenvalue weighted by molar-refractivity contribution is -0.142. The molecule has 0 amide bonds. The predicted molar refractivity (Wildman–Crippen MR) is 41.1 cm³/mol. The van der Waals surface area contributed by atoms with Crippen molar-refractivity contribution in [1.82, 2.24) is 4.98 Å². The first-order valence-corrected chi connectivity index (χ1v) is 3.91. The molecule has 1 atom stereocenters. The molecule has 0 aliphatic heterocycles. The van der Waals surface area contributed by atoms with E-state index in [1.165, 1.54) is 18.4 Å². The van der Waals surface area contributed by atoms with E-state index in [1.807, 2.05) is 0 Å². The Balaban J connectivity index is 2.70. The Morgan fingerprint density at radius 3 is 3.09 bits per heavy atom. The topological polar surface area (TPSA) is 65.2 Å². The monoisotopic (exact) mass is 172 g/mol. The summed E-state index contributed by atoms with van der Waals surface area (Å²) in [6.45, 7) is 0. The van der Waals surface area contributed by atoms with Crippen LogP contribution in [0.3, 0.4) is 0 Å². The van der Waals surface area contributed by atoms with Gasteiger partial charge in [0.1, 0.15) is 6.04 Å². The van der Waals surface area contributed by atoms with Gasteiger partial charge in [0.25, 0.3) is 0 Å². The third-order valence-corrected chi connectivity index (χ3v) is 1.83. The third-order valence-electron chi connectivity index (χ3n) is 1.23. The van der Waals surface area contributed by atoms with Crippen LogP contribution in [0.5, 0.6) is 0 Å². The molecule has 1 heterocycles. The molecule has 11 heavy (non-hydrogen) atoms. The zero-order valence-electron chi connectivity index (χ0n) is 5.98. The molecule has 0 aliphatic carbocycles. The van der Waals surface area contributed by atoms with Gasteiger partial charge in [0.15, 0.2) is 0 Å². The number of hydrogen-bond donors (Lipinski definition) is 1. The standard InChI is InChI=1S/C6H8N2O2S/c1-10-6(9)5(7)4-2-11-3-8-4/h2-3,5H,7H2,1H3. The number of nitrogens with two attached hydrogens (primary N) is 1. The van der Waals surface area contributed by atoms with Gasteiger partial charge < -0.3 is 10.5 Å². The van der Waals surface area contributed by atoms with E-state index >= 15 is 0 Å². The second kappa shape index (κ2) is 3.45. The molecular weight excluding hydrogens is 164 g/mol. The van der Waals surface area contributed by atoms with Crippen molar-refractivity contribution in [2.45, 2.75) is 6.04 Å². The number of esters is 1. The van der Waals surface area contributed by atoms with Crippen LogP contribution in [0.1, 0.15) is 11.7 Å². The molecular formula is C6H8N2O2S. The van der Waals surface area contributed by atoms with Crippen LogP contribution in [-0.2, 0) is 9.53 Å². The zero-order valence-corrected chi connectivity index (χ0v) is 6.80. The summed E-state index contributed by atoms with van der Waals surface area (Å²) < 4.78 is 4.44. The highest BCUT2D eigenvalue weighted by Crippen LogP contribution is 2.10. The van der Waals surface area contributed by atoms with Crippen LogP contribution in [0.2, 0.25) is 0 Å². The van der Waals surface area contributed by atoms with Gasteiger partial charge >= 0.3 is 5.97 Å². The summed E-state index contributed by atoms with van der Waals surface area (Å²) >= 11 is 1.40. The highest BCUT2D eigenvalue weighted by Gasteiger charge is 2.17. The van der Waals surface area contributed by atoms with E-state index in [9.17, 15) is 4.79 Å². The van der Waals surface area contributed by atoms with Crippen molar-refractivity contribution in [3.05, 3.63) is 16.6 Å². The van der Waals surface area contributed by atoms with Crippen LogP contribution in [0, 0.1) is 0 Å². The number of nitrogens with zero attached hydrogens (tertiary/aromatic N) is 1. The fourth-order valence-corrected chi connectivity index (χ4v) is 1.21. The largest absolute Gasteiger partial charge is 0.468 e. The van der Waals surface area contributed by atoms with Gasteiger partial charge in [0, 0.05) is 5.38 Å². The number of carbonyl (C=O) groups is 1.